The zero-order chi connectivity index (χ0) is 13.3. The summed E-state index contributed by atoms with van der Waals surface area (Å²) in [6.45, 7) is 1.85. The standard InChI is InChI=1S/C9H14N2O4S2/c1-3-11-17(14,15)7-4-5-8(10)9(6-7)16(2,12)13/h4-6,11H,3,10H2,1-2H3. The van der Waals surface area contributed by atoms with Gasteiger partial charge in [-0.1, -0.05) is 6.92 Å². The fourth-order valence-corrected chi connectivity index (χ4v) is 3.26. The van der Waals surface area contributed by atoms with Crippen molar-refractivity contribution in [3.63, 3.8) is 0 Å². The molecule has 0 bridgehead atoms. The highest BCUT2D eigenvalue weighted by atomic mass is 32.2. The van der Waals surface area contributed by atoms with Crippen molar-refractivity contribution < 1.29 is 16.8 Å². The van der Waals surface area contributed by atoms with Crippen molar-refractivity contribution in [2.75, 3.05) is 18.5 Å². The van der Waals surface area contributed by atoms with Gasteiger partial charge in [0.25, 0.3) is 0 Å². The number of benzene rings is 1. The van der Waals surface area contributed by atoms with Gasteiger partial charge in [0, 0.05) is 12.8 Å². The van der Waals surface area contributed by atoms with Crippen LogP contribution in [0.2, 0.25) is 0 Å². The van der Waals surface area contributed by atoms with Crippen molar-refractivity contribution in [3.8, 4) is 0 Å². The van der Waals surface area contributed by atoms with Crippen molar-refractivity contribution in [3.05, 3.63) is 18.2 Å². The number of nitrogens with one attached hydrogen (secondary N) is 1. The maximum atomic E-state index is 11.7. The van der Waals surface area contributed by atoms with E-state index in [0.717, 1.165) is 12.3 Å². The fraction of sp³-hybridized carbons (Fsp3) is 0.333. The lowest BCUT2D eigenvalue weighted by Crippen LogP contribution is -2.23. The molecule has 17 heavy (non-hydrogen) atoms. The average Bonchev–Trinajstić information content (AvgIpc) is 2.15. The normalized spacial score (nSPS) is 12.6. The SMILES string of the molecule is CCNS(=O)(=O)c1ccc(N)c(S(C)(=O)=O)c1. The molecule has 0 fully saturated rings. The molecule has 0 aliphatic rings. The Hall–Kier alpha value is -1.12. The van der Waals surface area contributed by atoms with Crippen molar-refractivity contribution in [1.29, 1.82) is 0 Å². The van der Waals surface area contributed by atoms with E-state index >= 15 is 0 Å². The van der Waals surface area contributed by atoms with Gasteiger partial charge in [-0.3, -0.25) is 0 Å². The predicted molar refractivity (Wildman–Crippen MR) is 64.8 cm³/mol. The number of anilines is 1. The second kappa shape index (κ2) is 4.63. The van der Waals surface area contributed by atoms with Gasteiger partial charge in [-0.2, -0.15) is 0 Å². The summed E-state index contributed by atoms with van der Waals surface area (Å²) in [5.41, 5.74) is 5.53. The molecule has 0 atom stereocenters. The Labute approximate surface area is 101 Å². The van der Waals surface area contributed by atoms with Crippen LogP contribution in [0, 0.1) is 0 Å². The Morgan fingerprint density at radius 3 is 2.29 bits per heavy atom. The number of sulfone groups is 1. The third-order valence-corrected chi connectivity index (χ3v) is 4.72. The quantitative estimate of drug-likeness (QED) is 0.752. The summed E-state index contributed by atoms with van der Waals surface area (Å²) in [6.07, 6.45) is 0.975. The van der Waals surface area contributed by atoms with Crippen LogP contribution in [0.1, 0.15) is 6.92 Å². The van der Waals surface area contributed by atoms with Gasteiger partial charge in [0.05, 0.1) is 15.5 Å². The van der Waals surface area contributed by atoms with Crippen LogP contribution in [0.5, 0.6) is 0 Å². The lowest BCUT2D eigenvalue weighted by atomic mass is 10.3. The molecule has 0 radical (unpaired) electrons. The minimum Gasteiger partial charge on any atom is -0.398 e. The summed E-state index contributed by atoms with van der Waals surface area (Å²) in [6, 6.07) is 3.59. The van der Waals surface area contributed by atoms with E-state index in [1.165, 1.54) is 12.1 Å². The number of sulfonamides is 1. The molecule has 3 N–H and O–H groups in total. The number of rotatable bonds is 4. The molecule has 0 saturated carbocycles. The van der Waals surface area contributed by atoms with E-state index in [0.29, 0.717) is 0 Å². The van der Waals surface area contributed by atoms with Crippen molar-refractivity contribution in [2.45, 2.75) is 16.7 Å². The molecule has 8 heteroatoms. The van der Waals surface area contributed by atoms with Crippen LogP contribution >= 0.6 is 0 Å². The summed E-state index contributed by atoms with van der Waals surface area (Å²) in [4.78, 5) is -0.301. The first kappa shape index (κ1) is 13.9. The summed E-state index contributed by atoms with van der Waals surface area (Å²) in [7, 11) is -7.23. The molecular formula is C9H14N2O4S2. The third kappa shape index (κ3) is 3.18. The highest BCUT2D eigenvalue weighted by molar-refractivity contribution is 7.91. The Kier molecular flexibility index (Phi) is 3.80. The van der Waals surface area contributed by atoms with Crippen LogP contribution in [-0.4, -0.2) is 29.6 Å². The molecule has 96 valence electrons. The van der Waals surface area contributed by atoms with Crippen LogP contribution in [0.4, 0.5) is 5.69 Å². The lowest BCUT2D eigenvalue weighted by molar-refractivity contribution is 0.583. The molecule has 1 aromatic carbocycles. The van der Waals surface area contributed by atoms with E-state index < -0.39 is 19.9 Å². The summed E-state index contributed by atoms with van der Waals surface area (Å²) in [5, 5.41) is 0. The highest BCUT2D eigenvalue weighted by Gasteiger charge is 2.18. The molecule has 0 amide bonds. The zero-order valence-corrected chi connectivity index (χ0v) is 11.1. The number of nitrogens with two attached hydrogens (primary N) is 1. The topological polar surface area (TPSA) is 106 Å². The first-order valence-corrected chi connectivity index (χ1v) is 8.15. The van der Waals surface area contributed by atoms with Crippen LogP contribution in [-0.2, 0) is 19.9 Å². The first-order valence-electron chi connectivity index (χ1n) is 4.77. The maximum absolute atomic E-state index is 11.7. The van der Waals surface area contributed by atoms with E-state index in [2.05, 4.69) is 4.72 Å². The molecule has 0 aromatic heterocycles. The molecule has 0 spiro atoms. The Morgan fingerprint density at radius 2 is 1.82 bits per heavy atom. The van der Waals surface area contributed by atoms with Crippen molar-refractivity contribution in [2.24, 2.45) is 0 Å². The fourth-order valence-electron chi connectivity index (χ4n) is 1.28. The average molecular weight is 278 g/mol. The molecule has 0 heterocycles. The van der Waals surface area contributed by atoms with E-state index in [4.69, 9.17) is 5.73 Å². The van der Waals surface area contributed by atoms with Gasteiger partial charge in [0.1, 0.15) is 0 Å². The monoisotopic (exact) mass is 278 g/mol. The molecule has 0 unspecified atom stereocenters. The lowest BCUT2D eigenvalue weighted by Gasteiger charge is -2.08. The number of nitrogen functional groups attached to an aromatic ring is 1. The second-order valence-electron chi connectivity index (χ2n) is 3.47. The van der Waals surface area contributed by atoms with Gasteiger partial charge in [-0.15, -0.1) is 0 Å². The minimum absolute atomic E-state index is 0.0305. The maximum Gasteiger partial charge on any atom is 0.240 e. The van der Waals surface area contributed by atoms with Crippen LogP contribution in [0.15, 0.2) is 28.0 Å². The van der Waals surface area contributed by atoms with Gasteiger partial charge in [0.2, 0.25) is 10.0 Å². The smallest absolute Gasteiger partial charge is 0.240 e. The van der Waals surface area contributed by atoms with E-state index in [1.807, 2.05) is 0 Å². The molecule has 0 aliphatic heterocycles. The molecule has 6 nitrogen and oxygen atoms in total. The largest absolute Gasteiger partial charge is 0.398 e. The van der Waals surface area contributed by atoms with Gasteiger partial charge >= 0.3 is 0 Å². The van der Waals surface area contributed by atoms with Gasteiger partial charge in [-0.05, 0) is 18.2 Å². The van der Waals surface area contributed by atoms with E-state index in [-0.39, 0.29) is 22.0 Å². The molecule has 1 rings (SSSR count). The Balaban J connectivity index is 3.43. The summed E-state index contributed by atoms with van der Waals surface area (Å²) >= 11 is 0. The summed E-state index contributed by atoms with van der Waals surface area (Å²) in [5.74, 6) is 0. The highest BCUT2D eigenvalue weighted by Crippen LogP contribution is 2.22. The van der Waals surface area contributed by atoms with Crippen LogP contribution < -0.4 is 10.5 Å². The van der Waals surface area contributed by atoms with Crippen molar-refractivity contribution in [1.82, 2.24) is 4.72 Å². The molecule has 0 aliphatic carbocycles. The van der Waals surface area contributed by atoms with Crippen LogP contribution in [0.3, 0.4) is 0 Å². The molecule has 1 aromatic rings. The summed E-state index contributed by atoms with van der Waals surface area (Å²) < 4.78 is 48.4. The van der Waals surface area contributed by atoms with Gasteiger partial charge in [0.15, 0.2) is 9.84 Å². The number of hydrogen-bond donors (Lipinski definition) is 2. The van der Waals surface area contributed by atoms with E-state index in [9.17, 15) is 16.8 Å². The zero-order valence-electron chi connectivity index (χ0n) is 9.47. The van der Waals surface area contributed by atoms with E-state index in [1.54, 1.807) is 6.92 Å². The molecular weight excluding hydrogens is 264 g/mol. The van der Waals surface area contributed by atoms with Crippen molar-refractivity contribution >= 4 is 25.5 Å². The predicted octanol–water partition coefficient (Wildman–Crippen LogP) is -0.0295. The Bertz CT molecular complexity index is 620. The van der Waals surface area contributed by atoms with Crippen LogP contribution in [0.25, 0.3) is 0 Å². The van der Waals surface area contributed by atoms with Gasteiger partial charge in [-0.25, -0.2) is 21.6 Å². The number of hydrogen-bond acceptors (Lipinski definition) is 5. The van der Waals surface area contributed by atoms with Gasteiger partial charge < -0.3 is 5.73 Å². The Morgan fingerprint density at radius 1 is 1.24 bits per heavy atom. The second-order valence-corrected chi connectivity index (χ2v) is 7.22. The third-order valence-electron chi connectivity index (χ3n) is 2.03. The molecule has 0 saturated heterocycles. The first-order chi connectivity index (χ1) is 7.68. The minimum atomic E-state index is -3.68.